The highest BCUT2D eigenvalue weighted by Gasteiger charge is 2.43. The van der Waals surface area contributed by atoms with Gasteiger partial charge in [0.25, 0.3) is 0 Å². The molecule has 0 aromatic rings. The third-order valence-electron chi connectivity index (χ3n) is 2.27. The highest BCUT2D eigenvalue weighted by molar-refractivity contribution is 5.73. The first kappa shape index (κ1) is 12.3. The van der Waals surface area contributed by atoms with Gasteiger partial charge in [-0.1, -0.05) is 0 Å². The maximum Gasteiger partial charge on any atom is 0.217 e. The summed E-state index contributed by atoms with van der Waals surface area (Å²) < 4.78 is 4.81. The fourth-order valence-corrected chi connectivity index (χ4v) is 1.49. The lowest BCUT2D eigenvalue weighted by atomic mass is 9.97. The summed E-state index contributed by atoms with van der Waals surface area (Å²) in [6, 6.07) is -1.10. The van der Waals surface area contributed by atoms with E-state index in [-0.39, 0.29) is 0 Å². The van der Waals surface area contributed by atoms with Gasteiger partial charge in [-0.05, 0) is 0 Å². The van der Waals surface area contributed by atoms with E-state index >= 15 is 0 Å². The van der Waals surface area contributed by atoms with Crippen molar-refractivity contribution in [2.24, 2.45) is 0 Å². The molecule has 1 rings (SSSR count). The zero-order valence-electron chi connectivity index (χ0n) is 8.20. The van der Waals surface area contributed by atoms with Gasteiger partial charge in [-0.25, -0.2) is 0 Å². The quantitative estimate of drug-likeness (QED) is 0.317. The van der Waals surface area contributed by atoms with Crippen LogP contribution < -0.4 is 5.32 Å². The molecule has 0 aliphatic carbocycles. The molecule has 0 aromatic carbocycles. The number of aliphatic hydroxyl groups is 4. The Labute approximate surface area is 86.3 Å². The van der Waals surface area contributed by atoms with Crippen molar-refractivity contribution in [2.45, 2.75) is 37.6 Å². The van der Waals surface area contributed by atoms with Crippen molar-refractivity contribution in [2.75, 3.05) is 6.61 Å². The van der Waals surface area contributed by atoms with E-state index in [1.807, 2.05) is 0 Å². The minimum absolute atomic E-state index is 0.462. The molecule has 1 saturated heterocycles. The standard InChI is InChI=1S/C8H15NO6/c1-3(11)9-5-7(13)6(12)4(2-10)15-8(5)14/h4-8,10,12-14H,2H2,1H3,(H,9,11)/t4-,5+,6-,7-,8?/m1/s1/i14+2. The molecule has 7 nitrogen and oxygen atoms in total. The Bertz CT molecular complexity index is 235. The van der Waals surface area contributed by atoms with Crippen molar-refractivity contribution in [3.05, 3.63) is 0 Å². The molecule has 0 aromatic heterocycles. The second-order valence-electron chi connectivity index (χ2n) is 3.46. The fourth-order valence-electron chi connectivity index (χ4n) is 1.49. The summed E-state index contributed by atoms with van der Waals surface area (Å²) >= 11 is 0. The van der Waals surface area contributed by atoms with Gasteiger partial charge in [0, 0.05) is 6.92 Å². The van der Waals surface area contributed by atoms with E-state index in [0.29, 0.717) is 0 Å². The summed E-state index contributed by atoms with van der Waals surface area (Å²) in [4.78, 5) is 10.7. The molecule has 0 bridgehead atoms. The van der Waals surface area contributed by atoms with Crippen molar-refractivity contribution >= 4 is 5.91 Å². The molecule has 1 amide bonds. The van der Waals surface area contributed by atoms with Crippen molar-refractivity contribution in [3.8, 4) is 0 Å². The number of amides is 1. The number of rotatable bonds is 2. The van der Waals surface area contributed by atoms with Crippen LogP contribution in [-0.4, -0.2) is 63.6 Å². The molecule has 15 heavy (non-hydrogen) atoms. The smallest absolute Gasteiger partial charge is 0.217 e. The molecular weight excluding hydrogens is 208 g/mol. The van der Waals surface area contributed by atoms with E-state index < -0.39 is 43.2 Å². The van der Waals surface area contributed by atoms with Gasteiger partial charge in [0.2, 0.25) is 5.91 Å². The van der Waals surface area contributed by atoms with E-state index in [2.05, 4.69) is 5.32 Å². The molecule has 1 aliphatic rings. The second kappa shape index (κ2) is 4.86. The molecule has 1 unspecified atom stereocenters. The van der Waals surface area contributed by atoms with Gasteiger partial charge in [0.1, 0.15) is 24.4 Å². The van der Waals surface area contributed by atoms with E-state index in [4.69, 9.17) is 9.84 Å². The summed E-state index contributed by atoms with van der Waals surface area (Å²) in [6.07, 6.45) is -5.24. The largest absolute Gasteiger partial charge is 0.394 e. The Balaban J connectivity index is 2.70. The van der Waals surface area contributed by atoms with Crippen molar-refractivity contribution in [1.82, 2.24) is 5.32 Å². The van der Waals surface area contributed by atoms with Crippen LogP contribution in [0.4, 0.5) is 0 Å². The number of ether oxygens (including phenoxy) is 1. The predicted octanol–water partition coefficient (Wildman–Crippen LogP) is -3.08. The SMILES string of the molecule is CC(=O)N[C@@H]1C([18OH])O[C@H](CO)[C@@H](O)[C@@H]1O. The number of carbonyl (C=O) groups excluding carboxylic acids is 1. The summed E-state index contributed by atoms with van der Waals surface area (Å²) in [6.45, 7) is 0.687. The second-order valence-corrected chi connectivity index (χ2v) is 3.46. The first-order valence-electron chi connectivity index (χ1n) is 4.55. The van der Waals surface area contributed by atoms with Gasteiger partial charge in [0.15, 0.2) is 6.29 Å². The molecule has 7 heteroatoms. The third-order valence-corrected chi connectivity index (χ3v) is 2.27. The topological polar surface area (TPSA) is 119 Å². The number of hydrogen-bond donors (Lipinski definition) is 5. The Morgan fingerprint density at radius 1 is 1.47 bits per heavy atom. The molecule has 88 valence electrons. The lowest BCUT2D eigenvalue weighted by Crippen LogP contribution is -2.63. The van der Waals surface area contributed by atoms with Crippen LogP contribution in [0.2, 0.25) is 0 Å². The number of carbonyl (C=O) groups is 1. The van der Waals surface area contributed by atoms with Gasteiger partial charge in [0.05, 0.1) is 6.61 Å². The van der Waals surface area contributed by atoms with Crippen LogP contribution in [-0.2, 0) is 9.53 Å². The van der Waals surface area contributed by atoms with Gasteiger partial charge in [-0.3, -0.25) is 4.79 Å². The predicted molar refractivity (Wildman–Crippen MR) is 47.6 cm³/mol. The normalized spacial score (nSPS) is 41.3. The summed E-state index contributed by atoms with van der Waals surface area (Å²) in [7, 11) is 0. The first-order valence-corrected chi connectivity index (χ1v) is 4.55. The van der Waals surface area contributed by atoms with Crippen LogP contribution in [0, 0.1) is 0 Å². The van der Waals surface area contributed by atoms with Crippen LogP contribution in [0.3, 0.4) is 0 Å². The average molecular weight is 223 g/mol. The van der Waals surface area contributed by atoms with E-state index in [0.717, 1.165) is 0 Å². The summed E-state index contributed by atoms with van der Waals surface area (Å²) in [5.41, 5.74) is 0. The highest BCUT2D eigenvalue weighted by Crippen LogP contribution is 2.19. The molecule has 0 spiro atoms. The minimum Gasteiger partial charge on any atom is -0.394 e. The Hall–Kier alpha value is -0.730. The van der Waals surface area contributed by atoms with Crippen molar-refractivity contribution in [3.63, 3.8) is 0 Å². The molecule has 0 radical (unpaired) electrons. The van der Waals surface area contributed by atoms with E-state index in [1.165, 1.54) is 6.92 Å². The van der Waals surface area contributed by atoms with Crippen molar-refractivity contribution < 1.29 is 30.0 Å². The van der Waals surface area contributed by atoms with E-state index in [1.54, 1.807) is 0 Å². The van der Waals surface area contributed by atoms with Crippen LogP contribution >= 0.6 is 0 Å². The number of aliphatic hydroxyl groups excluding tert-OH is 4. The highest BCUT2D eigenvalue weighted by atomic mass is 18.2. The third kappa shape index (κ3) is 2.64. The zero-order valence-corrected chi connectivity index (χ0v) is 8.20. The number of nitrogens with one attached hydrogen (secondary N) is 1. The zero-order chi connectivity index (χ0) is 11.6. The Morgan fingerprint density at radius 3 is 2.53 bits per heavy atom. The van der Waals surface area contributed by atoms with Crippen LogP contribution in [0.15, 0.2) is 0 Å². The van der Waals surface area contributed by atoms with Gasteiger partial charge >= 0.3 is 0 Å². The molecule has 1 fully saturated rings. The lowest BCUT2D eigenvalue weighted by Gasteiger charge is -2.40. The molecule has 5 atom stereocenters. The molecular formula is C8H15NO6. The molecule has 0 saturated carbocycles. The van der Waals surface area contributed by atoms with Crippen LogP contribution in [0.5, 0.6) is 0 Å². The van der Waals surface area contributed by atoms with Crippen LogP contribution in [0.1, 0.15) is 6.92 Å². The first-order chi connectivity index (χ1) is 6.97. The number of hydrogen-bond acceptors (Lipinski definition) is 6. The lowest BCUT2D eigenvalue weighted by molar-refractivity contribution is -0.253. The van der Waals surface area contributed by atoms with Gasteiger partial charge < -0.3 is 30.5 Å². The van der Waals surface area contributed by atoms with Gasteiger partial charge in [-0.2, -0.15) is 0 Å². The summed E-state index contributed by atoms with van der Waals surface area (Å²) in [5, 5.41) is 39.4. The summed E-state index contributed by atoms with van der Waals surface area (Å²) in [5.74, 6) is -0.462. The maximum atomic E-state index is 10.7. The Kier molecular flexibility index (Phi) is 4.00. The molecule has 1 aliphatic heterocycles. The van der Waals surface area contributed by atoms with Gasteiger partial charge in [-0.15, -0.1) is 0 Å². The van der Waals surface area contributed by atoms with E-state index in [9.17, 15) is 20.1 Å². The van der Waals surface area contributed by atoms with Crippen LogP contribution in [0.25, 0.3) is 0 Å². The Morgan fingerprint density at radius 2 is 2.07 bits per heavy atom. The van der Waals surface area contributed by atoms with Crippen molar-refractivity contribution in [1.29, 1.82) is 0 Å². The minimum atomic E-state index is -1.45. The molecule has 1 heterocycles. The molecule has 5 N–H and O–H groups in total. The maximum absolute atomic E-state index is 10.7. The monoisotopic (exact) mass is 223 g/mol. The fraction of sp³-hybridized carbons (Fsp3) is 0.875. The average Bonchev–Trinajstić information content (AvgIpc) is 2.18.